The minimum atomic E-state index is 0.499. The van der Waals surface area contributed by atoms with Gasteiger partial charge in [0.25, 0.3) is 0 Å². The van der Waals surface area contributed by atoms with Gasteiger partial charge in [-0.25, -0.2) is 4.98 Å². The van der Waals surface area contributed by atoms with Gasteiger partial charge in [0.1, 0.15) is 9.61 Å². The molecule has 0 fully saturated rings. The summed E-state index contributed by atoms with van der Waals surface area (Å²) < 4.78 is 0.930. The van der Waals surface area contributed by atoms with E-state index in [-0.39, 0.29) is 0 Å². The van der Waals surface area contributed by atoms with Crippen LogP contribution in [0.4, 0.5) is 0 Å². The van der Waals surface area contributed by atoms with E-state index in [9.17, 15) is 0 Å². The van der Waals surface area contributed by atoms with Gasteiger partial charge in [-0.3, -0.25) is 0 Å². The Balaban J connectivity index is 2.76. The summed E-state index contributed by atoms with van der Waals surface area (Å²) in [6.45, 7) is 13.6. The smallest absolute Gasteiger partial charge is 0.125 e. The van der Waals surface area contributed by atoms with Gasteiger partial charge >= 0.3 is 0 Å². The molecule has 0 radical (unpaired) electrons. The van der Waals surface area contributed by atoms with Crippen LogP contribution in [-0.2, 0) is 0 Å². The second-order valence-electron chi connectivity index (χ2n) is 6.51. The summed E-state index contributed by atoms with van der Waals surface area (Å²) in [7, 11) is 0. The van der Waals surface area contributed by atoms with Crippen LogP contribution in [0, 0.1) is 0 Å². The molecule has 0 saturated heterocycles. The first-order chi connectivity index (χ1) is 9.81. The molecule has 2 rings (SSSR count). The van der Waals surface area contributed by atoms with Crippen molar-refractivity contribution in [3.8, 4) is 10.6 Å². The standard InChI is InChI=1S/C18H24BrNS/c1-10(2)13-7-14(11(3)4)17(15(8-13)12(5)6)18-20-16(19)9-21-18/h7-12H,1-6H3. The molecule has 0 bridgehead atoms. The van der Waals surface area contributed by atoms with E-state index >= 15 is 0 Å². The topological polar surface area (TPSA) is 12.9 Å². The van der Waals surface area contributed by atoms with Crippen molar-refractivity contribution < 1.29 is 0 Å². The van der Waals surface area contributed by atoms with Crippen molar-refractivity contribution in [3.05, 3.63) is 38.8 Å². The Bertz CT molecular complexity index is 597. The van der Waals surface area contributed by atoms with Crippen LogP contribution in [0.5, 0.6) is 0 Å². The molecule has 21 heavy (non-hydrogen) atoms. The third-order valence-electron chi connectivity index (χ3n) is 3.82. The minimum Gasteiger partial charge on any atom is -0.229 e. The summed E-state index contributed by atoms with van der Waals surface area (Å²) in [5.41, 5.74) is 5.63. The number of aromatic nitrogens is 1. The second kappa shape index (κ2) is 6.62. The number of thiazole rings is 1. The van der Waals surface area contributed by atoms with Gasteiger partial charge in [0.2, 0.25) is 0 Å². The zero-order valence-electron chi connectivity index (χ0n) is 13.7. The SMILES string of the molecule is CC(C)c1cc(C(C)C)c(-c2nc(Br)cs2)c(C(C)C)c1. The molecule has 0 unspecified atom stereocenters. The lowest BCUT2D eigenvalue weighted by molar-refractivity contribution is 0.807. The summed E-state index contributed by atoms with van der Waals surface area (Å²) in [5, 5.41) is 3.20. The maximum Gasteiger partial charge on any atom is 0.125 e. The monoisotopic (exact) mass is 365 g/mol. The van der Waals surface area contributed by atoms with E-state index in [4.69, 9.17) is 0 Å². The molecular formula is C18H24BrNS. The summed E-state index contributed by atoms with van der Waals surface area (Å²) in [6.07, 6.45) is 0. The van der Waals surface area contributed by atoms with Gasteiger partial charge < -0.3 is 0 Å². The molecule has 1 aromatic carbocycles. The zero-order valence-corrected chi connectivity index (χ0v) is 16.1. The van der Waals surface area contributed by atoms with Crippen LogP contribution in [-0.4, -0.2) is 4.98 Å². The van der Waals surface area contributed by atoms with Crippen molar-refractivity contribution >= 4 is 27.3 Å². The molecule has 0 atom stereocenters. The van der Waals surface area contributed by atoms with Crippen molar-refractivity contribution in [1.82, 2.24) is 4.98 Å². The third kappa shape index (κ3) is 3.57. The Morgan fingerprint density at radius 3 is 1.76 bits per heavy atom. The number of hydrogen-bond acceptors (Lipinski definition) is 2. The molecular weight excluding hydrogens is 342 g/mol. The Kier molecular flexibility index (Phi) is 5.26. The Morgan fingerprint density at radius 1 is 0.905 bits per heavy atom. The number of benzene rings is 1. The lowest BCUT2D eigenvalue weighted by Gasteiger charge is -2.21. The van der Waals surface area contributed by atoms with Crippen LogP contribution in [0.3, 0.4) is 0 Å². The quantitative estimate of drug-likeness (QED) is 0.571. The van der Waals surface area contributed by atoms with Gasteiger partial charge in [0.05, 0.1) is 0 Å². The van der Waals surface area contributed by atoms with Crippen molar-refractivity contribution in [2.24, 2.45) is 0 Å². The maximum atomic E-state index is 4.68. The summed E-state index contributed by atoms with van der Waals surface area (Å²) >= 11 is 5.21. The van der Waals surface area contributed by atoms with E-state index in [1.165, 1.54) is 22.3 Å². The van der Waals surface area contributed by atoms with Gasteiger partial charge in [-0.05, 0) is 50.4 Å². The predicted octanol–water partition coefficient (Wildman–Crippen LogP) is 6.94. The fourth-order valence-electron chi connectivity index (χ4n) is 2.57. The molecule has 1 heterocycles. The molecule has 0 saturated carbocycles. The highest BCUT2D eigenvalue weighted by Gasteiger charge is 2.20. The zero-order chi connectivity index (χ0) is 15.7. The Labute approximate surface area is 141 Å². The first-order valence-corrected chi connectivity index (χ1v) is 9.27. The van der Waals surface area contributed by atoms with Gasteiger partial charge in [0.15, 0.2) is 0 Å². The number of rotatable bonds is 4. The minimum absolute atomic E-state index is 0.499. The highest BCUT2D eigenvalue weighted by molar-refractivity contribution is 9.10. The molecule has 0 aliphatic carbocycles. The molecule has 0 aliphatic rings. The van der Waals surface area contributed by atoms with E-state index in [1.54, 1.807) is 11.3 Å². The van der Waals surface area contributed by atoms with E-state index in [2.05, 4.69) is 80.0 Å². The molecule has 0 N–H and O–H groups in total. The first-order valence-electron chi connectivity index (χ1n) is 7.60. The van der Waals surface area contributed by atoms with Gasteiger partial charge in [-0.1, -0.05) is 53.7 Å². The van der Waals surface area contributed by atoms with Crippen LogP contribution < -0.4 is 0 Å². The fraction of sp³-hybridized carbons (Fsp3) is 0.500. The first kappa shape index (κ1) is 16.7. The van der Waals surface area contributed by atoms with Crippen molar-refractivity contribution in [1.29, 1.82) is 0 Å². The molecule has 114 valence electrons. The predicted molar refractivity (Wildman–Crippen MR) is 97.5 cm³/mol. The second-order valence-corrected chi connectivity index (χ2v) is 8.18. The average molecular weight is 366 g/mol. The van der Waals surface area contributed by atoms with Crippen molar-refractivity contribution in [3.63, 3.8) is 0 Å². The van der Waals surface area contributed by atoms with Gasteiger partial charge in [0, 0.05) is 10.9 Å². The fourth-order valence-corrected chi connectivity index (χ4v) is 3.91. The molecule has 0 amide bonds. The molecule has 0 aliphatic heterocycles. The van der Waals surface area contributed by atoms with E-state index in [0.29, 0.717) is 17.8 Å². The van der Waals surface area contributed by atoms with E-state index < -0.39 is 0 Å². The Hall–Kier alpha value is -0.670. The van der Waals surface area contributed by atoms with Crippen LogP contribution in [0.25, 0.3) is 10.6 Å². The molecule has 1 nitrogen and oxygen atoms in total. The largest absolute Gasteiger partial charge is 0.229 e. The normalized spacial score (nSPS) is 11.9. The highest BCUT2D eigenvalue weighted by atomic mass is 79.9. The molecule has 1 aromatic heterocycles. The van der Waals surface area contributed by atoms with Gasteiger partial charge in [-0.15, -0.1) is 11.3 Å². The Morgan fingerprint density at radius 2 is 1.43 bits per heavy atom. The lowest BCUT2D eigenvalue weighted by Crippen LogP contribution is -2.03. The maximum absolute atomic E-state index is 4.68. The van der Waals surface area contributed by atoms with Crippen LogP contribution in [0.1, 0.15) is 76.0 Å². The van der Waals surface area contributed by atoms with E-state index in [1.807, 2.05) is 0 Å². The molecule has 3 heteroatoms. The number of halogens is 1. The number of hydrogen-bond donors (Lipinski definition) is 0. The average Bonchev–Trinajstić information content (AvgIpc) is 2.83. The van der Waals surface area contributed by atoms with Crippen LogP contribution in [0.2, 0.25) is 0 Å². The van der Waals surface area contributed by atoms with E-state index in [0.717, 1.165) is 9.61 Å². The lowest BCUT2D eigenvalue weighted by atomic mass is 9.84. The van der Waals surface area contributed by atoms with Gasteiger partial charge in [-0.2, -0.15) is 0 Å². The molecule has 0 spiro atoms. The highest BCUT2D eigenvalue weighted by Crippen LogP contribution is 2.40. The van der Waals surface area contributed by atoms with Crippen LogP contribution in [0.15, 0.2) is 22.1 Å². The van der Waals surface area contributed by atoms with Crippen molar-refractivity contribution in [2.45, 2.75) is 59.3 Å². The summed E-state index contributed by atoms with van der Waals surface area (Å²) in [5.74, 6) is 1.55. The molecule has 2 aromatic rings. The summed E-state index contributed by atoms with van der Waals surface area (Å²) in [6, 6.07) is 4.76. The van der Waals surface area contributed by atoms with Crippen LogP contribution >= 0.6 is 27.3 Å². The summed E-state index contributed by atoms with van der Waals surface area (Å²) in [4.78, 5) is 4.68. The number of nitrogens with zero attached hydrogens (tertiary/aromatic N) is 1. The van der Waals surface area contributed by atoms with Crippen molar-refractivity contribution in [2.75, 3.05) is 0 Å². The third-order valence-corrected chi connectivity index (χ3v) is 5.39.